The Morgan fingerprint density at radius 3 is 2.00 bits per heavy atom. The summed E-state index contributed by atoms with van der Waals surface area (Å²) < 4.78 is 5.31. The van der Waals surface area contributed by atoms with Crippen molar-refractivity contribution < 1.29 is 30.3 Å². The highest BCUT2D eigenvalue weighted by Crippen LogP contribution is 2.36. The molecule has 5 N–H and O–H groups in total. The van der Waals surface area contributed by atoms with Gasteiger partial charge in [-0.15, -0.1) is 6.42 Å². The van der Waals surface area contributed by atoms with Crippen LogP contribution in [0.25, 0.3) is 0 Å². The summed E-state index contributed by atoms with van der Waals surface area (Å²) in [7, 11) is 0. The molecule has 0 radical (unpaired) electrons. The fraction of sp³-hybridized carbons (Fsp3) is 0.333. The van der Waals surface area contributed by atoms with Gasteiger partial charge in [-0.3, -0.25) is 0 Å². The van der Waals surface area contributed by atoms with E-state index in [0.29, 0.717) is 6.42 Å². The Kier molecular flexibility index (Phi) is 5.63. The molecule has 1 heterocycles. The van der Waals surface area contributed by atoms with E-state index in [0.717, 1.165) is 16.7 Å². The first-order valence-corrected chi connectivity index (χ1v) is 8.59. The molecule has 1 aliphatic heterocycles. The number of terminal acetylenes is 1. The van der Waals surface area contributed by atoms with E-state index in [1.807, 2.05) is 24.3 Å². The van der Waals surface area contributed by atoms with Gasteiger partial charge >= 0.3 is 0 Å². The molecule has 0 aliphatic carbocycles. The van der Waals surface area contributed by atoms with Gasteiger partial charge in [0.25, 0.3) is 0 Å². The van der Waals surface area contributed by atoms with E-state index in [1.54, 1.807) is 24.3 Å². The molecule has 6 nitrogen and oxygen atoms in total. The first kappa shape index (κ1) is 19.5. The summed E-state index contributed by atoms with van der Waals surface area (Å²) in [5.41, 5.74) is 3.04. The minimum Gasteiger partial charge on any atom is -0.394 e. The van der Waals surface area contributed by atoms with Gasteiger partial charge in [0.05, 0.1) is 6.61 Å². The van der Waals surface area contributed by atoms with Crippen LogP contribution in [0, 0.1) is 12.3 Å². The average molecular weight is 370 g/mol. The molecule has 6 heteroatoms. The zero-order valence-electron chi connectivity index (χ0n) is 14.6. The Morgan fingerprint density at radius 1 is 0.926 bits per heavy atom. The standard InChI is InChI=1S/C21H22O6/c1-2-13-3-5-14(6-4-13)11-15-7-9-16(10-8-15)21(26)20(25)19(24)18(23)17(12-22)27-21/h1,3-10,17-20,22-26H,11-12H2/t17-,18-,19+,20-,21-/m1/s1. The number of benzene rings is 2. The summed E-state index contributed by atoms with van der Waals surface area (Å²) in [6.07, 6.45) is -0.154. The van der Waals surface area contributed by atoms with Crippen molar-refractivity contribution in [3.8, 4) is 12.3 Å². The largest absolute Gasteiger partial charge is 0.394 e. The highest BCUT2D eigenvalue weighted by molar-refractivity contribution is 5.37. The topological polar surface area (TPSA) is 110 Å². The molecule has 0 saturated carbocycles. The third-order valence-electron chi connectivity index (χ3n) is 4.86. The molecule has 3 rings (SSSR count). The molecule has 0 bridgehead atoms. The number of rotatable bonds is 4. The molecule has 2 aromatic carbocycles. The molecule has 1 saturated heterocycles. The van der Waals surface area contributed by atoms with Gasteiger partial charge in [0.2, 0.25) is 5.79 Å². The minimum absolute atomic E-state index is 0.214. The van der Waals surface area contributed by atoms with E-state index >= 15 is 0 Å². The normalized spacial score (nSPS) is 30.7. The van der Waals surface area contributed by atoms with E-state index in [4.69, 9.17) is 11.2 Å². The molecule has 27 heavy (non-hydrogen) atoms. The van der Waals surface area contributed by atoms with Crippen molar-refractivity contribution in [2.45, 2.75) is 36.6 Å². The molecule has 1 fully saturated rings. The summed E-state index contributed by atoms with van der Waals surface area (Å²) in [5, 5.41) is 50.0. The van der Waals surface area contributed by atoms with E-state index in [9.17, 15) is 25.5 Å². The van der Waals surface area contributed by atoms with E-state index < -0.39 is 36.8 Å². The van der Waals surface area contributed by atoms with Crippen LogP contribution in [0.2, 0.25) is 0 Å². The fourth-order valence-corrected chi connectivity index (χ4v) is 3.21. The van der Waals surface area contributed by atoms with Crippen LogP contribution in [0.3, 0.4) is 0 Å². The predicted octanol–water partition coefficient (Wildman–Crippen LogP) is -0.122. The molecular weight excluding hydrogens is 348 g/mol. The average Bonchev–Trinajstić information content (AvgIpc) is 2.70. The second-order valence-electron chi connectivity index (χ2n) is 6.68. The second kappa shape index (κ2) is 7.79. The van der Waals surface area contributed by atoms with E-state index in [1.165, 1.54) is 0 Å². The van der Waals surface area contributed by atoms with Gasteiger partial charge in [-0.05, 0) is 29.7 Å². The lowest BCUT2D eigenvalue weighted by molar-refractivity contribution is -0.357. The molecule has 142 valence electrons. The molecule has 0 spiro atoms. The molecule has 5 atom stereocenters. The van der Waals surface area contributed by atoms with Crippen LogP contribution in [0.5, 0.6) is 0 Å². The van der Waals surface area contributed by atoms with Gasteiger partial charge in [-0.25, -0.2) is 0 Å². The summed E-state index contributed by atoms with van der Waals surface area (Å²) in [6, 6.07) is 14.3. The Hall–Kier alpha value is -2.24. The summed E-state index contributed by atoms with van der Waals surface area (Å²) >= 11 is 0. The van der Waals surface area contributed by atoms with Gasteiger partial charge in [0, 0.05) is 11.1 Å². The second-order valence-corrected chi connectivity index (χ2v) is 6.68. The molecule has 0 amide bonds. The van der Waals surface area contributed by atoms with Crippen LogP contribution in [-0.4, -0.2) is 56.6 Å². The highest BCUT2D eigenvalue weighted by atomic mass is 16.7. The summed E-state index contributed by atoms with van der Waals surface area (Å²) in [4.78, 5) is 0. The first-order valence-electron chi connectivity index (χ1n) is 8.59. The van der Waals surface area contributed by atoms with Crippen molar-refractivity contribution in [3.63, 3.8) is 0 Å². The van der Waals surface area contributed by atoms with Crippen molar-refractivity contribution in [2.24, 2.45) is 0 Å². The van der Waals surface area contributed by atoms with Gasteiger partial charge < -0.3 is 30.3 Å². The van der Waals surface area contributed by atoms with Crippen LogP contribution in [0.1, 0.15) is 22.3 Å². The zero-order chi connectivity index (χ0) is 19.6. The molecule has 0 aromatic heterocycles. The van der Waals surface area contributed by atoms with E-state index in [2.05, 4.69) is 5.92 Å². The quantitative estimate of drug-likeness (QED) is 0.480. The smallest absolute Gasteiger partial charge is 0.222 e. The first-order chi connectivity index (χ1) is 12.9. The number of hydrogen-bond donors (Lipinski definition) is 5. The maximum atomic E-state index is 10.8. The number of aliphatic hydroxyl groups is 5. The van der Waals surface area contributed by atoms with Crippen LogP contribution in [-0.2, 0) is 16.9 Å². The van der Waals surface area contributed by atoms with Crippen molar-refractivity contribution in [3.05, 3.63) is 70.8 Å². The Balaban J connectivity index is 1.80. The van der Waals surface area contributed by atoms with Crippen LogP contribution < -0.4 is 0 Å². The fourth-order valence-electron chi connectivity index (χ4n) is 3.21. The monoisotopic (exact) mass is 370 g/mol. The Morgan fingerprint density at radius 2 is 1.48 bits per heavy atom. The van der Waals surface area contributed by atoms with Crippen molar-refractivity contribution >= 4 is 0 Å². The van der Waals surface area contributed by atoms with Gasteiger partial charge in [0.15, 0.2) is 0 Å². The zero-order valence-corrected chi connectivity index (χ0v) is 14.6. The van der Waals surface area contributed by atoms with Crippen molar-refractivity contribution in [2.75, 3.05) is 6.61 Å². The highest BCUT2D eigenvalue weighted by Gasteiger charge is 2.53. The Labute approximate surface area is 157 Å². The minimum atomic E-state index is -2.24. The lowest BCUT2D eigenvalue weighted by Gasteiger charge is -2.45. The third kappa shape index (κ3) is 3.75. The van der Waals surface area contributed by atoms with Crippen molar-refractivity contribution in [1.29, 1.82) is 0 Å². The molecule has 1 aliphatic rings. The van der Waals surface area contributed by atoms with Crippen molar-refractivity contribution in [1.82, 2.24) is 0 Å². The van der Waals surface area contributed by atoms with Gasteiger partial charge in [0.1, 0.15) is 24.4 Å². The van der Waals surface area contributed by atoms with E-state index in [-0.39, 0.29) is 5.56 Å². The SMILES string of the molecule is C#Cc1ccc(Cc2ccc([C@@]3(O)O[C@H](CO)[C@@H](O)[C@H](O)[C@H]3O)cc2)cc1. The van der Waals surface area contributed by atoms with Crippen LogP contribution >= 0.6 is 0 Å². The lowest BCUT2D eigenvalue weighted by atomic mass is 9.87. The molecule has 0 unspecified atom stereocenters. The maximum absolute atomic E-state index is 10.8. The van der Waals surface area contributed by atoms with Gasteiger partial charge in [-0.2, -0.15) is 0 Å². The predicted molar refractivity (Wildman–Crippen MR) is 97.5 cm³/mol. The maximum Gasteiger partial charge on any atom is 0.222 e. The number of hydrogen-bond acceptors (Lipinski definition) is 6. The Bertz CT molecular complexity index is 808. The van der Waals surface area contributed by atoms with Crippen LogP contribution in [0.4, 0.5) is 0 Å². The number of aliphatic hydroxyl groups excluding tert-OH is 4. The molecular formula is C21H22O6. The third-order valence-corrected chi connectivity index (χ3v) is 4.86. The summed E-state index contributed by atoms with van der Waals surface area (Å²) in [6.45, 7) is -0.612. The van der Waals surface area contributed by atoms with Crippen LogP contribution in [0.15, 0.2) is 48.5 Å². The van der Waals surface area contributed by atoms with Gasteiger partial charge in [-0.1, -0.05) is 42.3 Å². The molecule has 2 aromatic rings. The lowest BCUT2D eigenvalue weighted by Crippen LogP contribution is -2.63. The summed E-state index contributed by atoms with van der Waals surface area (Å²) in [5.74, 6) is 0.327. The number of ether oxygens (including phenoxy) is 1.